The van der Waals surface area contributed by atoms with Gasteiger partial charge in [0, 0.05) is 29.5 Å². The molecule has 1 aliphatic rings. The fourth-order valence-corrected chi connectivity index (χ4v) is 3.79. The molecule has 0 saturated carbocycles. The van der Waals surface area contributed by atoms with Crippen molar-refractivity contribution in [2.45, 2.75) is 38.3 Å². The van der Waals surface area contributed by atoms with Gasteiger partial charge in [-0.1, -0.05) is 29.8 Å². The van der Waals surface area contributed by atoms with Gasteiger partial charge in [0.1, 0.15) is 0 Å². The minimum atomic E-state index is 0.185. The van der Waals surface area contributed by atoms with E-state index in [2.05, 4.69) is 11.4 Å². The number of hydrogen-bond acceptors (Lipinski definition) is 3. The summed E-state index contributed by atoms with van der Waals surface area (Å²) in [7, 11) is 0. The van der Waals surface area contributed by atoms with E-state index >= 15 is 0 Å². The predicted octanol–water partition coefficient (Wildman–Crippen LogP) is 4.54. The van der Waals surface area contributed by atoms with Crippen molar-refractivity contribution < 1.29 is 9.53 Å². The van der Waals surface area contributed by atoms with Crippen molar-refractivity contribution in [3.8, 4) is 0 Å². The van der Waals surface area contributed by atoms with Crippen molar-refractivity contribution in [3.63, 3.8) is 0 Å². The summed E-state index contributed by atoms with van der Waals surface area (Å²) >= 11 is 7.60. The van der Waals surface area contributed by atoms with E-state index < -0.39 is 0 Å². The van der Waals surface area contributed by atoms with E-state index in [1.54, 1.807) is 11.3 Å². The molecule has 1 aliphatic heterocycles. The quantitative estimate of drug-likeness (QED) is 0.722. The fourth-order valence-electron chi connectivity index (χ4n) is 2.94. The summed E-state index contributed by atoms with van der Waals surface area (Å²) in [4.78, 5) is 15.9. The van der Waals surface area contributed by atoms with Crippen molar-refractivity contribution in [2.24, 2.45) is 0 Å². The predicted molar refractivity (Wildman–Crippen MR) is 98.5 cm³/mol. The first-order chi connectivity index (χ1) is 11.7. The highest BCUT2D eigenvalue weighted by Crippen LogP contribution is 2.19. The molecular formula is C19H22ClNO2S. The Morgan fingerprint density at radius 3 is 2.79 bits per heavy atom. The molecule has 1 aromatic heterocycles. The highest BCUT2D eigenvalue weighted by atomic mass is 35.5. The van der Waals surface area contributed by atoms with Crippen LogP contribution in [0.5, 0.6) is 0 Å². The summed E-state index contributed by atoms with van der Waals surface area (Å²) in [6.45, 7) is 2.19. The van der Waals surface area contributed by atoms with Gasteiger partial charge < -0.3 is 9.64 Å². The molecule has 5 heteroatoms. The first kappa shape index (κ1) is 17.5. The lowest BCUT2D eigenvalue weighted by Crippen LogP contribution is -2.36. The molecule has 0 spiro atoms. The second-order valence-corrected chi connectivity index (χ2v) is 7.58. The Hall–Kier alpha value is -1.36. The number of benzene rings is 1. The maximum absolute atomic E-state index is 12.7. The molecule has 128 valence electrons. The number of thiophene rings is 1. The Kier molecular flexibility index (Phi) is 6.30. The van der Waals surface area contributed by atoms with Gasteiger partial charge in [0.2, 0.25) is 5.91 Å². The largest absolute Gasteiger partial charge is 0.376 e. The number of ether oxygens (including phenoxy) is 1. The summed E-state index contributed by atoms with van der Waals surface area (Å²) in [6.07, 6.45) is 3.58. The van der Waals surface area contributed by atoms with Crippen LogP contribution >= 0.6 is 22.9 Å². The lowest BCUT2D eigenvalue weighted by Gasteiger charge is -2.25. The molecule has 1 unspecified atom stereocenters. The van der Waals surface area contributed by atoms with Gasteiger partial charge >= 0.3 is 0 Å². The van der Waals surface area contributed by atoms with Crippen molar-refractivity contribution in [1.29, 1.82) is 0 Å². The van der Waals surface area contributed by atoms with Gasteiger partial charge in [-0.05, 0) is 48.4 Å². The van der Waals surface area contributed by atoms with Crippen molar-refractivity contribution in [3.05, 3.63) is 57.2 Å². The number of carbonyl (C=O) groups is 1. The van der Waals surface area contributed by atoms with Gasteiger partial charge in [0.25, 0.3) is 0 Å². The number of aryl methyl sites for hydroxylation is 1. The average molecular weight is 364 g/mol. The zero-order valence-corrected chi connectivity index (χ0v) is 15.2. The molecule has 0 bridgehead atoms. The van der Waals surface area contributed by atoms with Crippen LogP contribution in [0.1, 0.15) is 29.7 Å². The van der Waals surface area contributed by atoms with E-state index in [0.717, 1.165) is 36.5 Å². The van der Waals surface area contributed by atoms with Gasteiger partial charge in [-0.15, -0.1) is 11.3 Å². The molecule has 3 rings (SSSR count). The zero-order valence-electron chi connectivity index (χ0n) is 13.6. The van der Waals surface area contributed by atoms with Crippen LogP contribution in [0.15, 0.2) is 41.8 Å². The lowest BCUT2D eigenvalue weighted by atomic mass is 10.1. The van der Waals surface area contributed by atoms with Crippen LogP contribution in [0, 0.1) is 0 Å². The molecule has 1 amide bonds. The molecule has 1 atom stereocenters. The van der Waals surface area contributed by atoms with E-state index in [4.69, 9.17) is 16.3 Å². The standard InChI is InChI=1S/C19H22ClNO2S/c20-16-8-5-15(6-9-16)7-10-19(22)21(13-17-3-1-11-23-17)14-18-4-2-12-24-18/h2,4-6,8-9,12,17H,1,3,7,10-11,13-14H2. The lowest BCUT2D eigenvalue weighted by molar-refractivity contribution is -0.133. The second kappa shape index (κ2) is 8.65. The van der Waals surface area contributed by atoms with E-state index in [0.29, 0.717) is 19.5 Å². The molecular weight excluding hydrogens is 342 g/mol. The number of rotatable bonds is 7. The van der Waals surface area contributed by atoms with Crippen LogP contribution in [0.4, 0.5) is 0 Å². The van der Waals surface area contributed by atoms with Crippen LogP contribution in [0.3, 0.4) is 0 Å². The van der Waals surface area contributed by atoms with Crippen molar-refractivity contribution >= 4 is 28.8 Å². The van der Waals surface area contributed by atoms with Gasteiger partial charge in [-0.2, -0.15) is 0 Å². The minimum absolute atomic E-state index is 0.185. The number of nitrogens with zero attached hydrogens (tertiary/aromatic N) is 1. The summed E-state index contributed by atoms with van der Waals surface area (Å²) in [6, 6.07) is 11.8. The SMILES string of the molecule is O=C(CCc1ccc(Cl)cc1)N(Cc1cccs1)CC1CCCO1. The van der Waals surface area contributed by atoms with E-state index in [1.165, 1.54) is 4.88 Å². The van der Waals surface area contributed by atoms with Crippen LogP contribution in [-0.4, -0.2) is 30.1 Å². The fraction of sp³-hybridized carbons (Fsp3) is 0.421. The maximum Gasteiger partial charge on any atom is 0.223 e. The Labute approximate surface area is 152 Å². The molecule has 1 fully saturated rings. The zero-order chi connectivity index (χ0) is 16.8. The smallest absolute Gasteiger partial charge is 0.223 e. The first-order valence-corrected chi connectivity index (χ1v) is 9.62. The summed E-state index contributed by atoms with van der Waals surface area (Å²) in [5.41, 5.74) is 1.14. The molecule has 0 aliphatic carbocycles. The third-order valence-electron chi connectivity index (χ3n) is 4.27. The van der Waals surface area contributed by atoms with E-state index in [1.807, 2.05) is 35.2 Å². The molecule has 2 heterocycles. The normalized spacial score (nSPS) is 17.1. The molecule has 3 nitrogen and oxygen atoms in total. The van der Waals surface area contributed by atoms with Gasteiger partial charge in [0.05, 0.1) is 12.6 Å². The number of carbonyl (C=O) groups excluding carboxylic acids is 1. The van der Waals surface area contributed by atoms with Crippen LogP contribution in [-0.2, 0) is 22.5 Å². The summed E-state index contributed by atoms with van der Waals surface area (Å²) in [5, 5.41) is 2.78. The average Bonchev–Trinajstić information content (AvgIpc) is 3.27. The molecule has 1 aromatic carbocycles. The van der Waals surface area contributed by atoms with E-state index in [-0.39, 0.29) is 12.0 Å². The van der Waals surface area contributed by atoms with Crippen molar-refractivity contribution in [2.75, 3.05) is 13.2 Å². The van der Waals surface area contributed by atoms with Crippen molar-refractivity contribution in [1.82, 2.24) is 4.90 Å². The van der Waals surface area contributed by atoms with Gasteiger partial charge in [-0.25, -0.2) is 0 Å². The van der Waals surface area contributed by atoms with Crippen LogP contribution in [0.2, 0.25) is 5.02 Å². The van der Waals surface area contributed by atoms with Crippen LogP contribution < -0.4 is 0 Å². The molecule has 0 N–H and O–H groups in total. The number of amides is 1. The Morgan fingerprint density at radius 2 is 2.12 bits per heavy atom. The first-order valence-electron chi connectivity index (χ1n) is 8.37. The maximum atomic E-state index is 12.7. The van der Waals surface area contributed by atoms with Gasteiger partial charge in [-0.3, -0.25) is 4.79 Å². The highest BCUT2D eigenvalue weighted by molar-refractivity contribution is 7.09. The summed E-state index contributed by atoms with van der Waals surface area (Å²) < 4.78 is 5.72. The molecule has 1 saturated heterocycles. The minimum Gasteiger partial charge on any atom is -0.376 e. The topological polar surface area (TPSA) is 29.5 Å². The Balaban J connectivity index is 1.59. The third-order valence-corrected chi connectivity index (χ3v) is 5.38. The Morgan fingerprint density at radius 1 is 1.29 bits per heavy atom. The molecule has 24 heavy (non-hydrogen) atoms. The highest BCUT2D eigenvalue weighted by Gasteiger charge is 2.22. The molecule has 0 radical (unpaired) electrons. The Bertz CT molecular complexity index is 636. The number of hydrogen-bond donors (Lipinski definition) is 0. The van der Waals surface area contributed by atoms with Gasteiger partial charge in [0.15, 0.2) is 0 Å². The summed E-state index contributed by atoms with van der Waals surface area (Å²) in [5.74, 6) is 0.189. The monoisotopic (exact) mass is 363 g/mol. The number of halogens is 1. The third kappa shape index (κ3) is 5.07. The molecule has 2 aromatic rings. The van der Waals surface area contributed by atoms with E-state index in [9.17, 15) is 4.79 Å². The second-order valence-electron chi connectivity index (χ2n) is 6.12. The van der Waals surface area contributed by atoms with Crippen LogP contribution in [0.25, 0.3) is 0 Å².